The maximum atomic E-state index is 8.89. The molecule has 4 heteroatoms. The zero-order valence-corrected chi connectivity index (χ0v) is 13.3. The van der Waals surface area contributed by atoms with Gasteiger partial charge in [0.1, 0.15) is 5.75 Å². The van der Waals surface area contributed by atoms with E-state index in [1.54, 1.807) is 0 Å². The second-order valence-corrected chi connectivity index (χ2v) is 5.59. The number of rotatable bonds is 8. The molecule has 4 nitrogen and oxygen atoms in total. The molecule has 2 N–H and O–H groups in total. The first kappa shape index (κ1) is 16.3. The zero-order valence-electron chi connectivity index (χ0n) is 13.3. The van der Waals surface area contributed by atoms with E-state index in [4.69, 9.17) is 9.84 Å². The van der Waals surface area contributed by atoms with Gasteiger partial charge >= 0.3 is 0 Å². The average Bonchev–Trinajstić information content (AvgIpc) is 2.48. The van der Waals surface area contributed by atoms with Crippen LogP contribution in [0.2, 0.25) is 0 Å². The first-order valence-electron chi connectivity index (χ1n) is 8.09. The van der Waals surface area contributed by atoms with Crippen molar-refractivity contribution >= 4 is 0 Å². The number of aliphatic hydroxyl groups is 1. The largest absolute Gasteiger partial charge is 0.494 e. The second-order valence-electron chi connectivity index (χ2n) is 5.59. The predicted octanol–water partition coefficient (Wildman–Crippen LogP) is 1.94. The van der Waals surface area contributed by atoms with Crippen LogP contribution in [-0.4, -0.2) is 42.9 Å². The van der Waals surface area contributed by atoms with Gasteiger partial charge in [-0.3, -0.25) is 4.90 Å². The molecule has 118 valence electrons. The number of fused-ring (bicyclic) bond motifs is 1. The fourth-order valence-electron chi connectivity index (χ4n) is 2.93. The van der Waals surface area contributed by atoms with Gasteiger partial charge in [-0.15, -0.1) is 0 Å². The Morgan fingerprint density at radius 1 is 1.29 bits per heavy atom. The molecule has 21 heavy (non-hydrogen) atoms. The molecule has 1 aromatic carbocycles. The predicted molar refractivity (Wildman–Crippen MR) is 85.7 cm³/mol. The summed E-state index contributed by atoms with van der Waals surface area (Å²) in [7, 11) is 0. The van der Waals surface area contributed by atoms with E-state index >= 15 is 0 Å². The Morgan fingerprint density at radius 3 is 2.86 bits per heavy atom. The van der Waals surface area contributed by atoms with E-state index in [2.05, 4.69) is 29.3 Å². The van der Waals surface area contributed by atoms with Crippen LogP contribution >= 0.6 is 0 Å². The van der Waals surface area contributed by atoms with Gasteiger partial charge in [0.25, 0.3) is 0 Å². The van der Waals surface area contributed by atoms with Crippen molar-refractivity contribution in [2.45, 2.75) is 39.8 Å². The van der Waals surface area contributed by atoms with Crippen molar-refractivity contribution in [1.29, 1.82) is 0 Å². The molecule has 0 saturated carbocycles. The third kappa shape index (κ3) is 4.43. The number of nitrogens with one attached hydrogen (secondary N) is 1. The van der Waals surface area contributed by atoms with Gasteiger partial charge in [0.05, 0.1) is 13.2 Å². The number of ether oxygens (including phenoxy) is 1. The molecule has 1 heterocycles. The summed E-state index contributed by atoms with van der Waals surface area (Å²) in [5.41, 5.74) is 4.06. The number of aliphatic hydroxyl groups excluding tert-OH is 1. The van der Waals surface area contributed by atoms with Crippen LogP contribution in [0.3, 0.4) is 0 Å². The van der Waals surface area contributed by atoms with E-state index in [1.807, 2.05) is 6.92 Å². The fourth-order valence-corrected chi connectivity index (χ4v) is 2.93. The molecule has 0 unspecified atom stereocenters. The molecule has 0 aliphatic carbocycles. The molecule has 0 bridgehead atoms. The first-order valence-corrected chi connectivity index (χ1v) is 8.09. The van der Waals surface area contributed by atoms with Crippen molar-refractivity contribution in [3.63, 3.8) is 0 Å². The highest BCUT2D eigenvalue weighted by molar-refractivity contribution is 5.44. The maximum Gasteiger partial charge on any atom is 0.124 e. The van der Waals surface area contributed by atoms with Gasteiger partial charge in [0.2, 0.25) is 0 Å². The van der Waals surface area contributed by atoms with Crippen molar-refractivity contribution in [2.24, 2.45) is 0 Å². The van der Waals surface area contributed by atoms with Gasteiger partial charge in [-0.1, -0.05) is 13.0 Å². The van der Waals surface area contributed by atoms with Crippen LogP contribution in [0.4, 0.5) is 0 Å². The summed E-state index contributed by atoms with van der Waals surface area (Å²) >= 11 is 0. The summed E-state index contributed by atoms with van der Waals surface area (Å²) in [5.74, 6) is 0.986. The number of hydrogen-bond acceptors (Lipinski definition) is 4. The molecule has 1 aromatic rings. The highest BCUT2D eigenvalue weighted by Crippen LogP contribution is 2.28. The lowest BCUT2D eigenvalue weighted by Gasteiger charge is -2.29. The van der Waals surface area contributed by atoms with Crippen LogP contribution in [0.15, 0.2) is 12.1 Å². The minimum absolute atomic E-state index is 0.168. The molecule has 0 amide bonds. The summed E-state index contributed by atoms with van der Waals surface area (Å²) in [6.45, 7) is 9.83. The minimum Gasteiger partial charge on any atom is -0.494 e. The van der Waals surface area contributed by atoms with Crippen molar-refractivity contribution in [2.75, 3.05) is 32.8 Å². The second kappa shape index (κ2) is 8.37. The summed E-state index contributed by atoms with van der Waals surface area (Å²) < 4.78 is 5.81. The lowest BCUT2D eigenvalue weighted by atomic mass is 9.96. The van der Waals surface area contributed by atoms with Crippen molar-refractivity contribution in [1.82, 2.24) is 10.2 Å². The molecule has 0 aromatic heterocycles. The van der Waals surface area contributed by atoms with Gasteiger partial charge in [-0.25, -0.2) is 0 Å². The number of nitrogens with zero attached hydrogens (tertiary/aromatic N) is 1. The Bertz CT molecular complexity index is 449. The van der Waals surface area contributed by atoms with E-state index in [1.165, 1.54) is 29.7 Å². The summed E-state index contributed by atoms with van der Waals surface area (Å²) in [6, 6.07) is 4.50. The van der Waals surface area contributed by atoms with E-state index in [0.29, 0.717) is 13.2 Å². The summed E-state index contributed by atoms with van der Waals surface area (Å²) in [4.78, 5) is 2.52. The third-order valence-corrected chi connectivity index (χ3v) is 3.92. The van der Waals surface area contributed by atoms with Crippen LogP contribution in [0, 0.1) is 0 Å². The highest BCUT2D eigenvalue weighted by Gasteiger charge is 2.18. The highest BCUT2D eigenvalue weighted by atomic mass is 16.5. The quantitative estimate of drug-likeness (QED) is 0.719. The first-order chi connectivity index (χ1) is 10.3. The fraction of sp³-hybridized carbons (Fsp3) is 0.647. The topological polar surface area (TPSA) is 44.7 Å². The van der Waals surface area contributed by atoms with Crippen LogP contribution in [0.5, 0.6) is 5.75 Å². The van der Waals surface area contributed by atoms with Crippen LogP contribution < -0.4 is 10.1 Å². The lowest BCUT2D eigenvalue weighted by molar-refractivity contribution is 0.253. The minimum atomic E-state index is 0.168. The van der Waals surface area contributed by atoms with Gasteiger partial charge in [0, 0.05) is 31.7 Å². The third-order valence-electron chi connectivity index (χ3n) is 3.92. The van der Waals surface area contributed by atoms with E-state index < -0.39 is 0 Å². The molecule has 0 atom stereocenters. The molecule has 0 radical (unpaired) electrons. The summed E-state index contributed by atoms with van der Waals surface area (Å²) in [5, 5.41) is 12.1. The Morgan fingerprint density at radius 2 is 2.14 bits per heavy atom. The SMILES string of the molecule is CCCN1CCc2cc(CNCCO)c(OCC)cc2C1. The molecular formula is C17H28N2O2. The number of hydrogen-bond donors (Lipinski definition) is 2. The average molecular weight is 292 g/mol. The molecule has 0 fully saturated rings. The normalized spacial score (nSPS) is 15.0. The lowest BCUT2D eigenvalue weighted by Crippen LogP contribution is -2.31. The molecular weight excluding hydrogens is 264 g/mol. The van der Waals surface area contributed by atoms with E-state index in [0.717, 1.165) is 31.8 Å². The maximum absolute atomic E-state index is 8.89. The Balaban J connectivity index is 2.15. The van der Waals surface area contributed by atoms with Gasteiger partial charge in [-0.2, -0.15) is 0 Å². The van der Waals surface area contributed by atoms with Crippen molar-refractivity contribution in [3.05, 3.63) is 28.8 Å². The Labute approximate surface area is 128 Å². The Hall–Kier alpha value is -1.10. The van der Waals surface area contributed by atoms with Gasteiger partial charge in [-0.05, 0) is 43.5 Å². The smallest absolute Gasteiger partial charge is 0.124 e. The molecule has 1 aliphatic rings. The molecule has 0 saturated heterocycles. The molecule has 1 aliphatic heterocycles. The Kier molecular flexibility index (Phi) is 6.49. The standard InChI is InChI=1S/C17H28N2O2/c1-3-7-19-8-5-14-10-15(12-18-6-9-20)17(21-4-2)11-16(14)13-19/h10-11,18,20H,3-9,12-13H2,1-2H3. The molecule has 2 rings (SSSR count). The zero-order chi connectivity index (χ0) is 15.1. The van der Waals surface area contributed by atoms with Gasteiger partial charge < -0.3 is 15.2 Å². The van der Waals surface area contributed by atoms with Crippen LogP contribution in [0.1, 0.15) is 37.0 Å². The van der Waals surface area contributed by atoms with Crippen molar-refractivity contribution in [3.8, 4) is 5.75 Å². The van der Waals surface area contributed by atoms with Crippen molar-refractivity contribution < 1.29 is 9.84 Å². The molecule has 0 spiro atoms. The monoisotopic (exact) mass is 292 g/mol. The van der Waals surface area contributed by atoms with Gasteiger partial charge in [0.15, 0.2) is 0 Å². The van der Waals surface area contributed by atoms with Crippen LogP contribution in [-0.2, 0) is 19.5 Å². The van der Waals surface area contributed by atoms with E-state index in [-0.39, 0.29) is 6.61 Å². The summed E-state index contributed by atoms with van der Waals surface area (Å²) in [6.07, 6.45) is 2.32. The van der Waals surface area contributed by atoms with Crippen LogP contribution in [0.25, 0.3) is 0 Å². The number of benzene rings is 1. The van der Waals surface area contributed by atoms with E-state index in [9.17, 15) is 0 Å².